The Hall–Kier alpha value is -0.970. The van der Waals surface area contributed by atoms with Crippen LogP contribution in [-0.4, -0.2) is 36.5 Å². The molecule has 31 heavy (non-hydrogen) atoms. The molecule has 1 N–H and O–H groups in total. The lowest BCUT2D eigenvalue weighted by atomic mass is 9.46. The van der Waals surface area contributed by atoms with E-state index >= 15 is 0 Å². The third-order valence-corrected chi connectivity index (χ3v) is 9.99. The summed E-state index contributed by atoms with van der Waals surface area (Å²) < 4.78 is 12.4. The molecule has 4 heteroatoms. The fraction of sp³-hybridized carbons (Fsp3) is 0.815. The van der Waals surface area contributed by atoms with Crippen LogP contribution >= 0.6 is 0 Å². The van der Waals surface area contributed by atoms with Gasteiger partial charge in [-0.2, -0.15) is 0 Å². The van der Waals surface area contributed by atoms with Crippen LogP contribution in [0.5, 0.6) is 0 Å². The first kappa shape index (κ1) is 21.9. The first-order valence-corrected chi connectivity index (χ1v) is 12.4. The number of carbonyl (C=O) groups excluding carboxylic acids is 1. The number of ketones is 1. The highest BCUT2D eigenvalue weighted by Gasteiger charge is 2.62. The molecule has 0 amide bonds. The number of hydrogen-bond acceptors (Lipinski definition) is 4. The molecule has 5 rings (SSSR count). The molecule has 0 aromatic carbocycles. The number of aliphatic hydroxyl groups is 1. The van der Waals surface area contributed by atoms with Gasteiger partial charge in [-0.25, -0.2) is 0 Å². The normalized spacial score (nSPS) is 47.9. The van der Waals surface area contributed by atoms with Crippen LogP contribution in [0.25, 0.3) is 0 Å². The van der Waals surface area contributed by atoms with Gasteiger partial charge in [-0.3, -0.25) is 4.79 Å². The Labute approximate surface area is 187 Å². The molecule has 0 aromatic heterocycles. The van der Waals surface area contributed by atoms with Crippen LogP contribution < -0.4 is 0 Å². The molecule has 4 fully saturated rings. The van der Waals surface area contributed by atoms with E-state index in [9.17, 15) is 9.90 Å². The van der Waals surface area contributed by atoms with Crippen LogP contribution in [0.15, 0.2) is 23.8 Å². The quantitative estimate of drug-likeness (QED) is 0.678. The maximum Gasteiger partial charge on any atom is 0.178 e. The predicted octanol–water partition coefficient (Wildman–Crippen LogP) is 4.92. The lowest BCUT2D eigenvalue weighted by molar-refractivity contribution is -0.253. The van der Waals surface area contributed by atoms with Crippen LogP contribution in [0.3, 0.4) is 0 Å². The topological polar surface area (TPSA) is 55.8 Å². The summed E-state index contributed by atoms with van der Waals surface area (Å²) in [5.74, 6) is 2.25. The zero-order valence-electron chi connectivity index (χ0n) is 19.9. The number of aliphatic hydroxyl groups excluding tert-OH is 1. The van der Waals surface area contributed by atoms with E-state index in [0.717, 1.165) is 25.2 Å². The smallest absolute Gasteiger partial charge is 0.178 e. The molecule has 1 aliphatic heterocycles. The lowest BCUT2D eigenvalue weighted by Gasteiger charge is -2.59. The molecule has 3 saturated carbocycles. The molecule has 0 radical (unpaired) electrons. The molecule has 2 unspecified atom stereocenters. The fourth-order valence-electron chi connectivity index (χ4n) is 8.27. The Bertz CT molecular complexity index is 802. The fourth-order valence-corrected chi connectivity index (χ4v) is 8.27. The van der Waals surface area contributed by atoms with Crippen molar-refractivity contribution in [3.63, 3.8) is 0 Å². The molecule has 0 bridgehead atoms. The third kappa shape index (κ3) is 3.31. The van der Waals surface area contributed by atoms with Gasteiger partial charge in [0.1, 0.15) is 0 Å². The van der Waals surface area contributed by atoms with Crippen LogP contribution in [-0.2, 0) is 14.3 Å². The number of hydrogen-bond donors (Lipinski definition) is 1. The molecule has 1 saturated heterocycles. The van der Waals surface area contributed by atoms with E-state index in [0.29, 0.717) is 36.0 Å². The maximum atomic E-state index is 12.0. The second-order valence-corrected chi connectivity index (χ2v) is 12.5. The first-order valence-electron chi connectivity index (χ1n) is 12.4. The largest absolute Gasteiger partial charge is 0.392 e. The van der Waals surface area contributed by atoms with Gasteiger partial charge in [0.2, 0.25) is 0 Å². The molecule has 0 aromatic rings. The molecular formula is C27H40O4. The van der Waals surface area contributed by atoms with Crippen molar-refractivity contribution >= 4 is 5.78 Å². The van der Waals surface area contributed by atoms with Crippen molar-refractivity contribution in [1.29, 1.82) is 0 Å². The second-order valence-electron chi connectivity index (χ2n) is 12.5. The van der Waals surface area contributed by atoms with Crippen molar-refractivity contribution in [2.75, 3.05) is 13.2 Å². The number of allylic oxidation sites excluding steroid dienone is 3. The first-order chi connectivity index (χ1) is 14.6. The molecule has 5 aliphatic rings. The number of rotatable bonds is 2. The van der Waals surface area contributed by atoms with Gasteiger partial charge in [-0.1, -0.05) is 46.3 Å². The lowest BCUT2D eigenvalue weighted by Crippen LogP contribution is -2.55. The van der Waals surface area contributed by atoms with Crippen molar-refractivity contribution in [2.24, 2.45) is 45.8 Å². The van der Waals surface area contributed by atoms with Crippen molar-refractivity contribution in [3.05, 3.63) is 23.8 Å². The van der Waals surface area contributed by atoms with E-state index < -0.39 is 0 Å². The second kappa shape index (κ2) is 7.27. The van der Waals surface area contributed by atoms with E-state index in [-0.39, 0.29) is 34.4 Å². The van der Waals surface area contributed by atoms with Crippen molar-refractivity contribution in [1.82, 2.24) is 0 Å². The Kier molecular flexibility index (Phi) is 5.12. The number of fused-ring (bicyclic) bond motifs is 5. The Morgan fingerprint density at radius 2 is 1.77 bits per heavy atom. The standard InChI is InChI=1S/C27H40O4/c1-16(24-30-14-25(2,3)15-31-24)19-6-7-20-23-21(9-11-27(19,20)5)26(4)10-8-18(28)12-17(26)13-22(23)29/h8,10,12,16,19-24,29H,6-7,9,11,13-15H2,1-5H3/t16?,19-,20+,21+,22?,23+,26+,27-/m1/s1. The van der Waals surface area contributed by atoms with E-state index in [1.165, 1.54) is 19.3 Å². The monoisotopic (exact) mass is 428 g/mol. The number of ether oxygens (including phenoxy) is 2. The van der Waals surface area contributed by atoms with Gasteiger partial charge in [0.05, 0.1) is 19.3 Å². The molecule has 1 heterocycles. The summed E-state index contributed by atoms with van der Waals surface area (Å²) in [6.45, 7) is 13.0. The van der Waals surface area contributed by atoms with Gasteiger partial charge >= 0.3 is 0 Å². The van der Waals surface area contributed by atoms with Crippen molar-refractivity contribution < 1.29 is 19.4 Å². The zero-order valence-corrected chi connectivity index (χ0v) is 19.9. The molecule has 4 aliphatic carbocycles. The number of carbonyl (C=O) groups is 1. The molecule has 4 nitrogen and oxygen atoms in total. The SMILES string of the molecule is CC(C1OCC(C)(C)CO1)[C@H]1CC[C@H]2[C@@H]3C(O)CC4=CC(=O)C=C[C@]4(C)[C@H]3CC[C@]12C. The maximum absolute atomic E-state index is 12.0. The average Bonchev–Trinajstić information content (AvgIpc) is 3.06. The van der Waals surface area contributed by atoms with Gasteiger partial charge in [0.25, 0.3) is 0 Å². The average molecular weight is 429 g/mol. The molecule has 0 spiro atoms. The molecule has 172 valence electrons. The third-order valence-electron chi connectivity index (χ3n) is 9.99. The van der Waals surface area contributed by atoms with E-state index in [1.807, 2.05) is 0 Å². The highest BCUT2D eigenvalue weighted by molar-refractivity contribution is 6.01. The molecular weight excluding hydrogens is 388 g/mol. The Morgan fingerprint density at radius 3 is 2.48 bits per heavy atom. The van der Waals surface area contributed by atoms with Crippen LogP contribution in [0.2, 0.25) is 0 Å². The summed E-state index contributed by atoms with van der Waals surface area (Å²) >= 11 is 0. The van der Waals surface area contributed by atoms with Crippen LogP contribution in [0.4, 0.5) is 0 Å². The van der Waals surface area contributed by atoms with Crippen molar-refractivity contribution in [2.45, 2.75) is 79.1 Å². The van der Waals surface area contributed by atoms with Gasteiger partial charge in [-0.05, 0) is 73.3 Å². The van der Waals surface area contributed by atoms with E-state index in [2.05, 4.69) is 40.7 Å². The van der Waals surface area contributed by atoms with Gasteiger partial charge < -0.3 is 14.6 Å². The van der Waals surface area contributed by atoms with Gasteiger partial charge in [0, 0.05) is 16.7 Å². The highest BCUT2D eigenvalue weighted by atomic mass is 16.7. The van der Waals surface area contributed by atoms with E-state index in [4.69, 9.17) is 9.47 Å². The van der Waals surface area contributed by atoms with E-state index in [1.54, 1.807) is 12.2 Å². The minimum absolute atomic E-state index is 0.0733. The zero-order chi connectivity index (χ0) is 22.2. The summed E-state index contributed by atoms with van der Waals surface area (Å²) in [6, 6.07) is 0. The summed E-state index contributed by atoms with van der Waals surface area (Å²) in [5, 5.41) is 11.3. The molecule has 8 atom stereocenters. The van der Waals surface area contributed by atoms with Crippen LogP contribution in [0.1, 0.15) is 66.7 Å². The van der Waals surface area contributed by atoms with Crippen molar-refractivity contribution in [3.8, 4) is 0 Å². The minimum atomic E-state index is -0.342. The van der Waals surface area contributed by atoms with Crippen LogP contribution in [0, 0.1) is 45.8 Å². The summed E-state index contributed by atoms with van der Waals surface area (Å²) in [7, 11) is 0. The Morgan fingerprint density at radius 1 is 1.06 bits per heavy atom. The summed E-state index contributed by atoms with van der Waals surface area (Å²) in [4.78, 5) is 12.0. The highest BCUT2D eigenvalue weighted by Crippen LogP contribution is 2.67. The minimum Gasteiger partial charge on any atom is -0.392 e. The van der Waals surface area contributed by atoms with Gasteiger partial charge in [-0.15, -0.1) is 0 Å². The Balaban J connectivity index is 1.38. The van der Waals surface area contributed by atoms with Gasteiger partial charge in [0.15, 0.2) is 12.1 Å². The summed E-state index contributed by atoms with van der Waals surface area (Å²) in [6.07, 6.45) is 10.6. The predicted molar refractivity (Wildman–Crippen MR) is 120 cm³/mol. The summed E-state index contributed by atoms with van der Waals surface area (Å²) in [5.41, 5.74) is 1.38.